The minimum Gasteiger partial charge on any atom is -0.356 e. The van der Waals surface area contributed by atoms with Crippen molar-refractivity contribution in [3.05, 3.63) is 51.2 Å². The van der Waals surface area contributed by atoms with Crippen molar-refractivity contribution in [2.75, 3.05) is 13.6 Å². The van der Waals surface area contributed by atoms with Crippen LogP contribution in [0.2, 0.25) is 0 Å². The summed E-state index contributed by atoms with van der Waals surface area (Å²) in [6.07, 6.45) is -4.14. The van der Waals surface area contributed by atoms with Gasteiger partial charge in [0.1, 0.15) is 5.82 Å². The molecule has 0 aliphatic rings. The molecular weight excluding hydrogens is 497 g/mol. The molecule has 1 heterocycles. The van der Waals surface area contributed by atoms with Gasteiger partial charge in [0.25, 0.3) is 0 Å². The Morgan fingerprint density at radius 2 is 2.07 bits per heavy atom. The summed E-state index contributed by atoms with van der Waals surface area (Å²) in [6, 6.07) is 6.01. The number of alkyl halides is 3. The number of thiazole rings is 1. The fourth-order valence-electron chi connectivity index (χ4n) is 2.00. The van der Waals surface area contributed by atoms with Crippen molar-refractivity contribution >= 4 is 41.3 Å². The molecule has 0 amide bonds. The van der Waals surface area contributed by atoms with E-state index in [1.54, 1.807) is 0 Å². The molecule has 0 bridgehead atoms. The zero-order valence-corrected chi connectivity index (χ0v) is 17.2. The van der Waals surface area contributed by atoms with Gasteiger partial charge in [-0.1, -0.05) is 6.07 Å². The first-order chi connectivity index (χ1) is 12.3. The van der Waals surface area contributed by atoms with Gasteiger partial charge in [0.2, 0.25) is 0 Å². The first-order valence-corrected chi connectivity index (χ1v) is 8.36. The fourth-order valence-corrected chi connectivity index (χ4v) is 2.81. The number of guanidine groups is 1. The molecule has 2 aromatic rings. The molecule has 1 aromatic carbocycles. The highest BCUT2D eigenvalue weighted by atomic mass is 127. The van der Waals surface area contributed by atoms with E-state index in [9.17, 15) is 17.6 Å². The molecule has 0 radical (unpaired) electrons. The molecule has 27 heavy (non-hydrogen) atoms. The molecular formula is C16H16F4IN5S. The van der Waals surface area contributed by atoms with Crippen molar-refractivity contribution in [3.8, 4) is 6.07 Å². The highest BCUT2D eigenvalue weighted by molar-refractivity contribution is 14.0. The first-order valence-electron chi connectivity index (χ1n) is 7.48. The van der Waals surface area contributed by atoms with Gasteiger partial charge in [0, 0.05) is 37.5 Å². The van der Waals surface area contributed by atoms with Gasteiger partial charge in [-0.25, -0.2) is 9.37 Å². The van der Waals surface area contributed by atoms with Gasteiger partial charge < -0.3 is 10.6 Å². The maximum atomic E-state index is 13.8. The van der Waals surface area contributed by atoms with Crippen LogP contribution in [0.4, 0.5) is 17.6 Å². The highest BCUT2D eigenvalue weighted by Gasteiger charge is 2.33. The van der Waals surface area contributed by atoms with Crippen LogP contribution in [-0.2, 0) is 19.1 Å². The molecule has 5 nitrogen and oxygen atoms in total. The Morgan fingerprint density at radius 3 is 2.63 bits per heavy atom. The maximum absolute atomic E-state index is 13.8. The topological polar surface area (TPSA) is 73.1 Å². The third-order valence-electron chi connectivity index (χ3n) is 3.33. The molecule has 0 unspecified atom stereocenters. The lowest BCUT2D eigenvalue weighted by Crippen LogP contribution is -2.38. The third-order valence-corrected chi connectivity index (χ3v) is 4.23. The number of aliphatic imine (C=N–C) groups is 1. The molecule has 11 heteroatoms. The average Bonchev–Trinajstić information content (AvgIpc) is 3.08. The zero-order chi connectivity index (χ0) is 19.2. The molecule has 0 aliphatic carbocycles. The maximum Gasteiger partial charge on any atom is 0.434 e. The molecule has 146 valence electrons. The van der Waals surface area contributed by atoms with Crippen molar-refractivity contribution < 1.29 is 17.6 Å². The Bertz CT molecular complexity index is 829. The fraction of sp³-hybridized carbons (Fsp3) is 0.312. The number of benzene rings is 1. The van der Waals surface area contributed by atoms with Crippen LogP contribution >= 0.6 is 35.3 Å². The van der Waals surface area contributed by atoms with Crippen LogP contribution in [0.5, 0.6) is 0 Å². The first kappa shape index (κ1) is 23.1. The SMILES string of the molecule is CN=C(NCCc1nc(C(F)(F)F)cs1)NCc1ccc(C#N)cc1F.I. The van der Waals surface area contributed by atoms with Gasteiger partial charge in [0.15, 0.2) is 11.7 Å². The second-order valence-electron chi connectivity index (χ2n) is 5.14. The number of hydrogen-bond acceptors (Lipinski definition) is 4. The van der Waals surface area contributed by atoms with E-state index >= 15 is 0 Å². The van der Waals surface area contributed by atoms with E-state index in [1.165, 1.54) is 19.2 Å². The standard InChI is InChI=1S/C16H15F4N5S.HI/c1-22-15(24-8-11-3-2-10(7-21)6-12(11)17)23-5-4-14-25-13(9-26-14)16(18,19)20;/h2-3,6,9H,4-5,8H2,1H3,(H2,22,23,24);1H. The van der Waals surface area contributed by atoms with Gasteiger partial charge in [-0.15, -0.1) is 35.3 Å². The number of nitrogens with zero attached hydrogens (tertiary/aromatic N) is 3. The Kier molecular flexibility index (Phi) is 8.91. The van der Waals surface area contributed by atoms with E-state index in [0.29, 0.717) is 29.5 Å². The van der Waals surface area contributed by atoms with Crippen LogP contribution in [0.3, 0.4) is 0 Å². The summed E-state index contributed by atoms with van der Waals surface area (Å²) in [4.78, 5) is 7.51. The molecule has 0 saturated heterocycles. The summed E-state index contributed by atoms with van der Waals surface area (Å²) in [7, 11) is 1.52. The predicted octanol–water partition coefficient (Wildman–Crippen LogP) is 3.70. The summed E-state index contributed by atoms with van der Waals surface area (Å²) in [5.74, 6) is -0.129. The molecule has 0 fully saturated rings. The molecule has 0 aliphatic heterocycles. The summed E-state index contributed by atoms with van der Waals surface area (Å²) in [5.41, 5.74) is -0.298. The number of nitriles is 1. The highest BCUT2D eigenvalue weighted by Crippen LogP contribution is 2.29. The monoisotopic (exact) mass is 513 g/mol. The number of rotatable bonds is 5. The van der Waals surface area contributed by atoms with Gasteiger partial charge in [-0.2, -0.15) is 18.4 Å². The summed E-state index contributed by atoms with van der Waals surface area (Å²) in [6.45, 7) is 0.465. The number of hydrogen-bond donors (Lipinski definition) is 2. The minimum absolute atomic E-state index is 0. The van der Waals surface area contributed by atoms with Gasteiger partial charge >= 0.3 is 6.18 Å². The van der Waals surface area contributed by atoms with Gasteiger partial charge in [-0.3, -0.25) is 4.99 Å². The minimum atomic E-state index is -4.44. The van der Waals surface area contributed by atoms with Gasteiger partial charge in [0.05, 0.1) is 16.6 Å². The lowest BCUT2D eigenvalue weighted by atomic mass is 10.1. The van der Waals surface area contributed by atoms with E-state index in [-0.39, 0.29) is 36.1 Å². The predicted molar refractivity (Wildman–Crippen MR) is 106 cm³/mol. The summed E-state index contributed by atoms with van der Waals surface area (Å²) in [5, 5.41) is 15.9. The lowest BCUT2D eigenvalue weighted by molar-refractivity contribution is -0.140. The second-order valence-corrected chi connectivity index (χ2v) is 6.09. The van der Waals surface area contributed by atoms with E-state index in [0.717, 1.165) is 22.8 Å². The van der Waals surface area contributed by atoms with Crippen molar-refractivity contribution in [2.45, 2.75) is 19.1 Å². The van der Waals surface area contributed by atoms with Crippen LogP contribution < -0.4 is 10.6 Å². The van der Waals surface area contributed by atoms with E-state index in [4.69, 9.17) is 5.26 Å². The van der Waals surface area contributed by atoms with E-state index in [2.05, 4.69) is 20.6 Å². The van der Waals surface area contributed by atoms with Crippen LogP contribution in [0.25, 0.3) is 0 Å². The molecule has 0 saturated carbocycles. The van der Waals surface area contributed by atoms with Crippen LogP contribution in [0, 0.1) is 17.1 Å². The van der Waals surface area contributed by atoms with Crippen molar-refractivity contribution in [3.63, 3.8) is 0 Å². The van der Waals surface area contributed by atoms with Gasteiger partial charge in [-0.05, 0) is 12.1 Å². The third kappa shape index (κ3) is 6.94. The average molecular weight is 513 g/mol. The van der Waals surface area contributed by atoms with Crippen LogP contribution in [0.1, 0.15) is 21.8 Å². The second kappa shape index (κ2) is 10.4. The molecule has 2 rings (SSSR count). The van der Waals surface area contributed by atoms with Crippen molar-refractivity contribution in [1.82, 2.24) is 15.6 Å². The normalized spacial score (nSPS) is 11.5. The Morgan fingerprint density at radius 1 is 1.33 bits per heavy atom. The largest absolute Gasteiger partial charge is 0.434 e. The zero-order valence-electron chi connectivity index (χ0n) is 14.1. The smallest absolute Gasteiger partial charge is 0.356 e. The summed E-state index contributed by atoms with van der Waals surface area (Å²) < 4.78 is 51.3. The lowest BCUT2D eigenvalue weighted by Gasteiger charge is -2.12. The number of nitrogens with one attached hydrogen (secondary N) is 2. The Hall–Kier alpha value is -1.94. The molecule has 0 spiro atoms. The van der Waals surface area contributed by atoms with Crippen LogP contribution in [-0.4, -0.2) is 24.5 Å². The number of halogens is 5. The Labute approximate surface area is 174 Å². The molecule has 2 N–H and O–H groups in total. The van der Waals surface area contributed by atoms with E-state index in [1.807, 2.05) is 6.07 Å². The van der Waals surface area contributed by atoms with E-state index < -0.39 is 17.7 Å². The molecule has 1 aromatic heterocycles. The van der Waals surface area contributed by atoms with Crippen molar-refractivity contribution in [2.24, 2.45) is 4.99 Å². The quantitative estimate of drug-likeness (QED) is 0.277. The molecule has 0 atom stereocenters. The number of aromatic nitrogens is 1. The Balaban J connectivity index is 0.00000364. The van der Waals surface area contributed by atoms with Crippen molar-refractivity contribution in [1.29, 1.82) is 5.26 Å². The van der Waals surface area contributed by atoms with Crippen LogP contribution in [0.15, 0.2) is 28.6 Å². The summed E-state index contributed by atoms with van der Waals surface area (Å²) >= 11 is 0.944.